The van der Waals surface area contributed by atoms with E-state index in [4.69, 9.17) is 0 Å². The Morgan fingerprint density at radius 3 is 1.56 bits per heavy atom. The molecule has 292 valence electrons. The molecule has 0 aliphatic heterocycles. The number of fused-ring (bicyclic) bond motifs is 6. The predicted molar refractivity (Wildman–Crippen MR) is 248 cm³/mol. The smallest absolute Gasteiger partial charge is 0.0714 e. The number of rotatable bonds is 7. The van der Waals surface area contributed by atoms with Crippen LogP contribution in [0, 0.1) is 0 Å². The van der Waals surface area contributed by atoms with Crippen molar-refractivity contribution in [3.8, 4) is 22.3 Å². The molecule has 7 aromatic rings. The number of benzene rings is 7. The third-order valence-corrected chi connectivity index (χ3v) is 14.9. The SMILES string of the molecule is CC1(C)c2cc(C3CCCCC3)ccc2-c2ccc(N(c3ccc4c(c3)C(c3ccccc3)(c3ccccc3)c3ccccc3-4)c3ccccc3C3CCCCC3)cc21. The molecule has 11 rings (SSSR count). The molecule has 0 amide bonds. The van der Waals surface area contributed by atoms with Gasteiger partial charge >= 0.3 is 0 Å². The van der Waals surface area contributed by atoms with Gasteiger partial charge in [-0.1, -0.05) is 186 Å². The molecule has 0 aromatic heterocycles. The van der Waals surface area contributed by atoms with Crippen molar-refractivity contribution in [3.05, 3.63) is 208 Å². The summed E-state index contributed by atoms with van der Waals surface area (Å²) in [5, 5.41) is 0. The van der Waals surface area contributed by atoms with Crippen molar-refractivity contribution in [3.63, 3.8) is 0 Å². The average molecular weight is 766 g/mol. The highest BCUT2D eigenvalue weighted by Crippen LogP contribution is 2.58. The lowest BCUT2D eigenvalue weighted by molar-refractivity contribution is 0.443. The standard InChI is InChI=1S/C58H55N/c1-57(2)53-37-42(40-19-7-3-8-20-40)31-34-49(53)50-35-32-45(38-54(50)57)59(56-30-18-16-27-47(56)41-21-9-4-10-22-41)46-33-36-51-48-28-15-17-29-52(48)58(55(51)39-46,43-23-11-5-12-24-43)44-25-13-6-14-26-44/h5-6,11-18,23-41H,3-4,7-10,19-22H2,1-2H3. The van der Waals surface area contributed by atoms with Gasteiger partial charge < -0.3 is 4.90 Å². The Morgan fingerprint density at radius 1 is 0.407 bits per heavy atom. The van der Waals surface area contributed by atoms with E-state index in [0.717, 1.165) is 0 Å². The lowest BCUT2D eigenvalue weighted by Gasteiger charge is -2.36. The van der Waals surface area contributed by atoms with E-state index in [1.54, 1.807) is 5.56 Å². The molecule has 0 radical (unpaired) electrons. The summed E-state index contributed by atoms with van der Waals surface area (Å²) in [6.45, 7) is 4.93. The van der Waals surface area contributed by atoms with E-state index in [2.05, 4.69) is 183 Å². The van der Waals surface area contributed by atoms with Crippen LogP contribution in [0.15, 0.2) is 164 Å². The van der Waals surface area contributed by atoms with Gasteiger partial charge in [0.15, 0.2) is 0 Å². The first-order valence-electron chi connectivity index (χ1n) is 22.6. The second-order valence-corrected chi connectivity index (χ2v) is 18.5. The molecule has 59 heavy (non-hydrogen) atoms. The first kappa shape index (κ1) is 36.4. The molecule has 4 aliphatic carbocycles. The van der Waals surface area contributed by atoms with Gasteiger partial charge in [-0.25, -0.2) is 0 Å². The van der Waals surface area contributed by atoms with E-state index in [1.165, 1.54) is 142 Å². The summed E-state index contributed by atoms with van der Waals surface area (Å²) in [5.41, 5.74) is 19.9. The van der Waals surface area contributed by atoms with Gasteiger partial charge in [-0.15, -0.1) is 0 Å². The molecule has 2 saturated carbocycles. The molecular weight excluding hydrogens is 711 g/mol. The summed E-state index contributed by atoms with van der Waals surface area (Å²) in [6.07, 6.45) is 13.2. The quantitative estimate of drug-likeness (QED) is 0.156. The van der Waals surface area contributed by atoms with Gasteiger partial charge in [0.2, 0.25) is 0 Å². The molecule has 0 bridgehead atoms. The van der Waals surface area contributed by atoms with Crippen LogP contribution in [0.5, 0.6) is 0 Å². The van der Waals surface area contributed by atoms with Crippen molar-refractivity contribution in [2.24, 2.45) is 0 Å². The van der Waals surface area contributed by atoms with E-state index in [-0.39, 0.29) is 5.41 Å². The zero-order valence-corrected chi connectivity index (χ0v) is 34.8. The van der Waals surface area contributed by atoms with Crippen molar-refractivity contribution < 1.29 is 0 Å². The molecule has 1 heteroatoms. The second-order valence-electron chi connectivity index (χ2n) is 18.5. The Labute approximate surface area is 351 Å². The van der Waals surface area contributed by atoms with Crippen LogP contribution < -0.4 is 4.90 Å². The fourth-order valence-electron chi connectivity index (χ4n) is 12.0. The van der Waals surface area contributed by atoms with E-state index in [0.29, 0.717) is 11.8 Å². The number of nitrogens with zero attached hydrogens (tertiary/aromatic N) is 1. The fourth-order valence-corrected chi connectivity index (χ4v) is 12.0. The van der Waals surface area contributed by atoms with Crippen molar-refractivity contribution >= 4 is 17.1 Å². The minimum Gasteiger partial charge on any atom is -0.310 e. The van der Waals surface area contributed by atoms with E-state index >= 15 is 0 Å². The summed E-state index contributed by atoms with van der Waals surface area (Å²) in [7, 11) is 0. The number of hydrogen-bond acceptors (Lipinski definition) is 1. The monoisotopic (exact) mass is 765 g/mol. The number of anilines is 3. The van der Waals surface area contributed by atoms with Gasteiger partial charge in [-0.05, 0) is 135 Å². The topological polar surface area (TPSA) is 3.24 Å². The number of hydrogen-bond donors (Lipinski definition) is 0. The van der Waals surface area contributed by atoms with Crippen molar-refractivity contribution in [1.29, 1.82) is 0 Å². The lowest BCUT2D eigenvalue weighted by Crippen LogP contribution is -2.28. The van der Waals surface area contributed by atoms with Crippen LogP contribution >= 0.6 is 0 Å². The molecule has 0 unspecified atom stereocenters. The Balaban J connectivity index is 1.12. The maximum atomic E-state index is 2.63. The Hall–Kier alpha value is -5.66. The average Bonchev–Trinajstić information content (AvgIpc) is 3.72. The van der Waals surface area contributed by atoms with Gasteiger partial charge in [0.25, 0.3) is 0 Å². The van der Waals surface area contributed by atoms with Gasteiger partial charge in [0.05, 0.1) is 5.41 Å². The minimum absolute atomic E-state index is 0.102. The van der Waals surface area contributed by atoms with Crippen LogP contribution in [0.4, 0.5) is 17.1 Å². The zero-order valence-electron chi connectivity index (χ0n) is 34.8. The molecule has 0 spiro atoms. The summed E-state index contributed by atoms with van der Waals surface area (Å²) in [5.74, 6) is 1.25. The molecule has 2 fully saturated rings. The molecule has 7 aromatic carbocycles. The van der Waals surface area contributed by atoms with Gasteiger partial charge in [0, 0.05) is 22.5 Å². The molecular formula is C58H55N. The van der Waals surface area contributed by atoms with Crippen molar-refractivity contribution in [1.82, 2.24) is 0 Å². The summed E-state index contributed by atoms with van der Waals surface area (Å²) in [4.78, 5) is 2.63. The van der Waals surface area contributed by atoms with Gasteiger partial charge in [-0.3, -0.25) is 0 Å². The zero-order chi connectivity index (χ0) is 39.6. The van der Waals surface area contributed by atoms with Gasteiger partial charge in [0.1, 0.15) is 0 Å². The highest BCUT2D eigenvalue weighted by Gasteiger charge is 2.46. The Bertz CT molecular complexity index is 2620. The largest absolute Gasteiger partial charge is 0.310 e. The predicted octanol–water partition coefficient (Wildman–Crippen LogP) is 15.9. The van der Waals surface area contributed by atoms with E-state index < -0.39 is 5.41 Å². The molecule has 0 atom stereocenters. The van der Waals surface area contributed by atoms with Crippen LogP contribution in [0.1, 0.15) is 134 Å². The fraction of sp³-hybridized carbons (Fsp3) is 0.276. The highest BCUT2D eigenvalue weighted by atomic mass is 15.1. The third kappa shape index (κ3) is 5.79. The molecule has 4 aliphatic rings. The van der Waals surface area contributed by atoms with Crippen LogP contribution in [0.2, 0.25) is 0 Å². The van der Waals surface area contributed by atoms with Gasteiger partial charge in [-0.2, -0.15) is 0 Å². The maximum Gasteiger partial charge on any atom is 0.0714 e. The summed E-state index contributed by atoms with van der Waals surface area (Å²) in [6, 6.07) is 63.2. The van der Waals surface area contributed by atoms with E-state index in [1.807, 2.05) is 0 Å². The number of para-hydroxylation sites is 1. The van der Waals surface area contributed by atoms with Crippen LogP contribution in [0.3, 0.4) is 0 Å². The first-order valence-corrected chi connectivity index (χ1v) is 22.6. The molecule has 0 heterocycles. The van der Waals surface area contributed by atoms with Crippen LogP contribution in [-0.4, -0.2) is 0 Å². The molecule has 0 N–H and O–H groups in total. The normalized spacial score (nSPS) is 17.8. The molecule has 0 saturated heterocycles. The van der Waals surface area contributed by atoms with Crippen molar-refractivity contribution in [2.45, 2.75) is 101 Å². The van der Waals surface area contributed by atoms with Crippen molar-refractivity contribution in [2.75, 3.05) is 4.90 Å². The van der Waals surface area contributed by atoms with Crippen LogP contribution in [0.25, 0.3) is 22.3 Å². The van der Waals surface area contributed by atoms with E-state index in [9.17, 15) is 0 Å². The lowest BCUT2D eigenvalue weighted by atomic mass is 9.67. The minimum atomic E-state index is -0.462. The maximum absolute atomic E-state index is 2.63. The summed E-state index contributed by atoms with van der Waals surface area (Å²) < 4.78 is 0. The first-order chi connectivity index (χ1) is 29.0. The molecule has 1 nitrogen and oxygen atoms in total. The summed E-state index contributed by atoms with van der Waals surface area (Å²) >= 11 is 0. The Kier molecular flexibility index (Phi) is 8.99. The third-order valence-electron chi connectivity index (χ3n) is 14.9. The van der Waals surface area contributed by atoms with Crippen LogP contribution in [-0.2, 0) is 10.8 Å². The Morgan fingerprint density at radius 2 is 0.898 bits per heavy atom. The second kappa shape index (κ2) is 14.6. The highest BCUT2D eigenvalue weighted by molar-refractivity contribution is 5.91.